The van der Waals surface area contributed by atoms with E-state index in [0.717, 1.165) is 32.2 Å². The molecule has 0 aromatic heterocycles. The molecule has 6 nitrogen and oxygen atoms in total. The molecule has 8 heteroatoms. The van der Waals surface area contributed by atoms with Crippen molar-refractivity contribution >= 4 is 27.7 Å². The molecule has 1 rings (SSSR count). The Morgan fingerprint density at radius 1 is 1.33 bits per heavy atom. The van der Waals surface area contributed by atoms with Gasteiger partial charge in [0.1, 0.15) is 0 Å². The van der Waals surface area contributed by atoms with Crippen LogP contribution in [0.4, 0.5) is 0 Å². The van der Waals surface area contributed by atoms with E-state index in [1.807, 2.05) is 0 Å². The number of hydrogen-bond donors (Lipinski definition) is 3. The lowest BCUT2D eigenvalue weighted by Gasteiger charge is -2.21. The Labute approximate surface area is 113 Å². The summed E-state index contributed by atoms with van der Waals surface area (Å²) < 4.78 is 23.9. The molecule has 1 aliphatic heterocycles. The molecule has 1 fully saturated rings. The van der Waals surface area contributed by atoms with E-state index in [2.05, 4.69) is 15.4 Å². The summed E-state index contributed by atoms with van der Waals surface area (Å²) in [4.78, 5) is 11.5. The van der Waals surface area contributed by atoms with E-state index < -0.39 is 10.0 Å². The molecule has 0 bridgehead atoms. The lowest BCUT2D eigenvalue weighted by molar-refractivity contribution is -0.118. The van der Waals surface area contributed by atoms with E-state index in [4.69, 9.17) is 0 Å². The largest absolute Gasteiger partial charge is 0.354 e. The van der Waals surface area contributed by atoms with Crippen LogP contribution in [-0.2, 0) is 14.8 Å². The van der Waals surface area contributed by atoms with E-state index in [1.54, 1.807) is 11.8 Å². The van der Waals surface area contributed by atoms with Gasteiger partial charge in [0.15, 0.2) is 0 Å². The molecule has 1 amide bonds. The van der Waals surface area contributed by atoms with Crippen LogP contribution in [0, 0.1) is 0 Å². The van der Waals surface area contributed by atoms with Crippen molar-refractivity contribution in [1.82, 2.24) is 15.4 Å². The van der Waals surface area contributed by atoms with Gasteiger partial charge in [0.05, 0.1) is 12.0 Å². The lowest BCUT2D eigenvalue weighted by atomic mass is 10.2. The third-order valence-corrected chi connectivity index (χ3v) is 4.65. The fraction of sp³-hybridized carbons (Fsp3) is 0.900. The van der Waals surface area contributed by atoms with Gasteiger partial charge in [-0.2, -0.15) is 0 Å². The fourth-order valence-corrected chi connectivity index (χ4v) is 3.18. The molecule has 0 aromatic carbocycles. The summed E-state index contributed by atoms with van der Waals surface area (Å²) in [5.74, 6) is 0.414. The zero-order chi connectivity index (χ0) is 13.4. The Morgan fingerprint density at radius 2 is 2.00 bits per heavy atom. The topological polar surface area (TPSA) is 87.3 Å². The smallest absolute Gasteiger partial charge is 0.230 e. The minimum Gasteiger partial charge on any atom is -0.354 e. The standard InChI is InChI=1S/C10H21N3O3S2/c1-18(15,16)13-7-6-12-10(14)8-17-9-2-4-11-5-3-9/h9,11,13H,2-8H2,1H3,(H,12,14). The first-order valence-corrected chi connectivity index (χ1v) is 8.95. The molecule has 0 radical (unpaired) electrons. The maximum atomic E-state index is 11.5. The van der Waals surface area contributed by atoms with Gasteiger partial charge in [0.2, 0.25) is 15.9 Å². The lowest BCUT2D eigenvalue weighted by Crippen LogP contribution is -2.35. The van der Waals surface area contributed by atoms with Crippen molar-refractivity contribution in [2.75, 3.05) is 38.2 Å². The van der Waals surface area contributed by atoms with E-state index >= 15 is 0 Å². The number of rotatable bonds is 7. The molecule has 0 spiro atoms. The predicted molar refractivity (Wildman–Crippen MR) is 74.2 cm³/mol. The molecule has 0 aliphatic carbocycles. The number of amides is 1. The van der Waals surface area contributed by atoms with Crippen LogP contribution in [0.1, 0.15) is 12.8 Å². The molecule has 1 heterocycles. The summed E-state index contributed by atoms with van der Waals surface area (Å²) in [5.41, 5.74) is 0. The first kappa shape index (κ1) is 15.7. The van der Waals surface area contributed by atoms with Gasteiger partial charge in [-0.1, -0.05) is 0 Å². The van der Waals surface area contributed by atoms with Crippen molar-refractivity contribution in [3.63, 3.8) is 0 Å². The number of carbonyl (C=O) groups is 1. The molecule has 106 valence electrons. The van der Waals surface area contributed by atoms with Gasteiger partial charge in [0.25, 0.3) is 0 Å². The Kier molecular flexibility index (Phi) is 6.98. The number of piperidine rings is 1. The molecule has 0 aromatic rings. The molecular weight excluding hydrogens is 274 g/mol. The van der Waals surface area contributed by atoms with Crippen molar-refractivity contribution in [1.29, 1.82) is 0 Å². The Bertz CT molecular complexity index is 353. The van der Waals surface area contributed by atoms with Crippen molar-refractivity contribution in [3.8, 4) is 0 Å². The third-order valence-electron chi connectivity index (χ3n) is 2.55. The molecule has 1 aliphatic rings. The highest BCUT2D eigenvalue weighted by atomic mass is 32.2. The fourth-order valence-electron chi connectivity index (χ4n) is 1.65. The summed E-state index contributed by atoms with van der Waals surface area (Å²) in [6.45, 7) is 2.62. The highest BCUT2D eigenvalue weighted by molar-refractivity contribution is 8.00. The van der Waals surface area contributed by atoms with Crippen LogP contribution in [0.2, 0.25) is 0 Å². The van der Waals surface area contributed by atoms with Gasteiger partial charge >= 0.3 is 0 Å². The number of nitrogens with one attached hydrogen (secondary N) is 3. The van der Waals surface area contributed by atoms with Crippen LogP contribution in [0.3, 0.4) is 0 Å². The minimum atomic E-state index is -3.16. The molecule has 18 heavy (non-hydrogen) atoms. The Morgan fingerprint density at radius 3 is 2.61 bits per heavy atom. The molecule has 1 saturated heterocycles. The van der Waals surface area contributed by atoms with Crippen LogP contribution in [-0.4, -0.2) is 57.8 Å². The maximum Gasteiger partial charge on any atom is 0.230 e. The first-order chi connectivity index (χ1) is 8.47. The van der Waals surface area contributed by atoms with Gasteiger partial charge < -0.3 is 10.6 Å². The molecule has 0 unspecified atom stereocenters. The van der Waals surface area contributed by atoms with E-state index in [-0.39, 0.29) is 12.5 Å². The average Bonchev–Trinajstić information content (AvgIpc) is 2.32. The van der Waals surface area contributed by atoms with Crippen LogP contribution in [0.5, 0.6) is 0 Å². The Balaban J connectivity index is 2.03. The van der Waals surface area contributed by atoms with Gasteiger partial charge in [-0.15, -0.1) is 11.8 Å². The van der Waals surface area contributed by atoms with Crippen molar-refractivity contribution in [2.45, 2.75) is 18.1 Å². The summed E-state index contributed by atoms with van der Waals surface area (Å²) in [7, 11) is -3.16. The SMILES string of the molecule is CS(=O)(=O)NCCNC(=O)CSC1CCNCC1. The van der Waals surface area contributed by atoms with Crippen molar-refractivity contribution < 1.29 is 13.2 Å². The summed E-state index contributed by atoms with van der Waals surface area (Å²) >= 11 is 1.68. The number of hydrogen-bond acceptors (Lipinski definition) is 5. The minimum absolute atomic E-state index is 0.0335. The number of sulfonamides is 1. The molecule has 0 atom stereocenters. The van der Waals surface area contributed by atoms with Crippen molar-refractivity contribution in [2.24, 2.45) is 0 Å². The van der Waals surface area contributed by atoms with Crippen LogP contribution < -0.4 is 15.4 Å². The van der Waals surface area contributed by atoms with Crippen LogP contribution >= 0.6 is 11.8 Å². The zero-order valence-corrected chi connectivity index (χ0v) is 12.2. The van der Waals surface area contributed by atoms with Crippen LogP contribution in [0.25, 0.3) is 0 Å². The van der Waals surface area contributed by atoms with Crippen molar-refractivity contribution in [3.05, 3.63) is 0 Å². The highest BCUT2D eigenvalue weighted by Crippen LogP contribution is 2.19. The maximum absolute atomic E-state index is 11.5. The first-order valence-electron chi connectivity index (χ1n) is 6.01. The van der Waals surface area contributed by atoms with Gasteiger partial charge in [-0.25, -0.2) is 13.1 Å². The van der Waals surface area contributed by atoms with Gasteiger partial charge in [0, 0.05) is 18.3 Å². The Hall–Kier alpha value is -0.310. The molecular formula is C10H21N3O3S2. The zero-order valence-electron chi connectivity index (χ0n) is 10.6. The number of thioether (sulfide) groups is 1. The summed E-state index contributed by atoms with van der Waals surface area (Å²) in [5, 5.41) is 6.53. The van der Waals surface area contributed by atoms with E-state index in [0.29, 0.717) is 17.5 Å². The normalized spacial score (nSPS) is 17.6. The highest BCUT2D eigenvalue weighted by Gasteiger charge is 2.14. The number of carbonyl (C=O) groups excluding carboxylic acids is 1. The van der Waals surface area contributed by atoms with E-state index in [9.17, 15) is 13.2 Å². The quantitative estimate of drug-likeness (QED) is 0.532. The second-order valence-corrected chi connectivity index (χ2v) is 7.40. The van der Waals surface area contributed by atoms with Gasteiger partial charge in [-0.3, -0.25) is 4.79 Å². The average molecular weight is 295 g/mol. The predicted octanol–water partition coefficient (Wildman–Crippen LogP) is -0.863. The van der Waals surface area contributed by atoms with E-state index in [1.165, 1.54) is 0 Å². The third kappa shape index (κ3) is 7.91. The monoisotopic (exact) mass is 295 g/mol. The summed E-state index contributed by atoms with van der Waals surface area (Å²) in [6, 6.07) is 0. The second-order valence-electron chi connectivity index (χ2n) is 4.28. The summed E-state index contributed by atoms with van der Waals surface area (Å²) in [6.07, 6.45) is 3.31. The van der Waals surface area contributed by atoms with Gasteiger partial charge in [-0.05, 0) is 25.9 Å². The molecule has 0 saturated carbocycles. The molecule has 3 N–H and O–H groups in total. The van der Waals surface area contributed by atoms with Crippen LogP contribution in [0.15, 0.2) is 0 Å². The second kappa shape index (κ2) is 7.98.